The average molecular weight is 309 g/mol. The summed E-state index contributed by atoms with van der Waals surface area (Å²) in [7, 11) is 0. The molecule has 0 spiro atoms. The van der Waals surface area contributed by atoms with Gasteiger partial charge in [0.2, 0.25) is 0 Å². The van der Waals surface area contributed by atoms with Gasteiger partial charge in [0.15, 0.2) is 0 Å². The first-order valence-electron chi connectivity index (χ1n) is 8.20. The van der Waals surface area contributed by atoms with Gasteiger partial charge in [0.05, 0.1) is 6.04 Å². The molecule has 23 heavy (non-hydrogen) atoms. The van der Waals surface area contributed by atoms with Gasteiger partial charge in [0.25, 0.3) is 0 Å². The van der Waals surface area contributed by atoms with Crippen LogP contribution >= 0.6 is 0 Å². The van der Waals surface area contributed by atoms with Gasteiger partial charge in [0, 0.05) is 24.5 Å². The molecule has 0 aromatic heterocycles. The predicted octanol–water partition coefficient (Wildman–Crippen LogP) is 4.17. The molecule has 2 aromatic carbocycles. The Morgan fingerprint density at radius 2 is 1.65 bits per heavy atom. The maximum Gasteiger partial charge on any atom is 0.319 e. The van der Waals surface area contributed by atoms with Crippen molar-refractivity contribution in [3.8, 4) is 0 Å². The first-order valence-corrected chi connectivity index (χ1v) is 8.20. The van der Waals surface area contributed by atoms with Crippen LogP contribution in [-0.2, 0) is 0 Å². The summed E-state index contributed by atoms with van der Waals surface area (Å²) in [4.78, 5) is 14.5. The zero-order chi connectivity index (χ0) is 16.1. The third kappa shape index (κ3) is 4.03. The third-order valence-corrected chi connectivity index (χ3v) is 4.24. The Morgan fingerprint density at radius 3 is 2.30 bits per heavy atom. The minimum absolute atomic E-state index is 0.0277. The number of benzene rings is 2. The summed E-state index contributed by atoms with van der Waals surface area (Å²) in [5, 5.41) is 5.85. The lowest BCUT2D eigenvalue weighted by atomic mass is 10.1. The van der Waals surface area contributed by atoms with Gasteiger partial charge in [-0.2, -0.15) is 0 Å². The SMILES string of the molecule is CC(NC(=O)Nc1ccc(N2CCCC2)cc1)c1ccccc1. The second-order valence-corrected chi connectivity index (χ2v) is 5.97. The number of amides is 2. The van der Waals surface area contributed by atoms with Gasteiger partial charge in [-0.3, -0.25) is 0 Å². The van der Waals surface area contributed by atoms with Gasteiger partial charge in [-0.15, -0.1) is 0 Å². The lowest BCUT2D eigenvalue weighted by molar-refractivity contribution is 0.249. The Kier molecular flexibility index (Phi) is 4.81. The van der Waals surface area contributed by atoms with Crippen LogP contribution in [-0.4, -0.2) is 19.1 Å². The summed E-state index contributed by atoms with van der Waals surface area (Å²) < 4.78 is 0. The molecule has 1 aliphatic rings. The van der Waals surface area contributed by atoms with E-state index in [1.807, 2.05) is 49.4 Å². The van der Waals surface area contributed by atoms with Crippen molar-refractivity contribution in [2.45, 2.75) is 25.8 Å². The first kappa shape index (κ1) is 15.4. The molecular formula is C19H23N3O. The summed E-state index contributed by atoms with van der Waals surface area (Å²) in [6.45, 7) is 4.23. The summed E-state index contributed by atoms with van der Waals surface area (Å²) in [5.41, 5.74) is 3.13. The standard InChI is InChI=1S/C19H23N3O/c1-15(16-7-3-2-4-8-16)20-19(23)21-17-9-11-18(12-10-17)22-13-5-6-14-22/h2-4,7-12,15H,5-6,13-14H2,1H3,(H2,20,21,23). The summed E-state index contributed by atoms with van der Waals surface area (Å²) in [6.07, 6.45) is 2.53. The molecule has 1 aliphatic heterocycles. The Morgan fingerprint density at radius 1 is 1.00 bits per heavy atom. The van der Waals surface area contributed by atoms with E-state index < -0.39 is 0 Å². The molecule has 4 nitrogen and oxygen atoms in total. The van der Waals surface area contributed by atoms with E-state index in [1.54, 1.807) is 0 Å². The van der Waals surface area contributed by atoms with E-state index in [0.29, 0.717) is 0 Å². The number of carbonyl (C=O) groups excluding carboxylic acids is 1. The van der Waals surface area contributed by atoms with Crippen LogP contribution in [0, 0.1) is 0 Å². The van der Waals surface area contributed by atoms with Crippen molar-refractivity contribution in [1.82, 2.24) is 5.32 Å². The maximum atomic E-state index is 12.1. The van der Waals surface area contributed by atoms with Crippen LogP contribution in [0.25, 0.3) is 0 Å². The fourth-order valence-electron chi connectivity index (χ4n) is 2.92. The molecule has 2 amide bonds. The number of rotatable bonds is 4. The highest BCUT2D eigenvalue weighted by molar-refractivity contribution is 5.89. The number of hydrogen-bond donors (Lipinski definition) is 2. The maximum absolute atomic E-state index is 12.1. The van der Waals surface area contributed by atoms with Crippen LogP contribution in [0.1, 0.15) is 31.4 Å². The molecule has 1 saturated heterocycles. The van der Waals surface area contributed by atoms with Crippen molar-refractivity contribution in [3.63, 3.8) is 0 Å². The van der Waals surface area contributed by atoms with Crippen molar-refractivity contribution < 1.29 is 4.79 Å². The normalized spacial score (nSPS) is 15.3. The van der Waals surface area contributed by atoms with Crippen LogP contribution < -0.4 is 15.5 Å². The Bertz CT molecular complexity index is 633. The van der Waals surface area contributed by atoms with E-state index in [1.165, 1.54) is 18.5 Å². The first-order chi connectivity index (χ1) is 11.2. The molecule has 120 valence electrons. The number of hydrogen-bond acceptors (Lipinski definition) is 2. The largest absolute Gasteiger partial charge is 0.372 e. The highest BCUT2D eigenvalue weighted by atomic mass is 16.2. The summed E-state index contributed by atoms with van der Waals surface area (Å²) >= 11 is 0. The molecular weight excluding hydrogens is 286 g/mol. The van der Waals surface area contributed by atoms with Gasteiger partial charge in [-0.25, -0.2) is 4.79 Å². The smallest absolute Gasteiger partial charge is 0.319 e. The zero-order valence-corrected chi connectivity index (χ0v) is 13.5. The molecule has 1 heterocycles. The third-order valence-electron chi connectivity index (χ3n) is 4.24. The molecule has 0 bridgehead atoms. The molecule has 2 N–H and O–H groups in total. The fraction of sp³-hybridized carbons (Fsp3) is 0.316. The van der Waals surface area contributed by atoms with Crippen LogP contribution in [0.2, 0.25) is 0 Å². The lowest BCUT2D eigenvalue weighted by Crippen LogP contribution is -2.31. The van der Waals surface area contributed by atoms with Crippen molar-refractivity contribution in [3.05, 3.63) is 60.2 Å². The minimum Gasteiger partial charge on any atom is -0.372 e. The fourth-order valence-corrected chi connectivity index (χ4v) is 2.92. The van der Waals surface area contributed by atoms with E-state index in [-0.39, 0.29) is 12.1 Å². The van der Waals surface area contributed by atoms with Crippen LogP contribution in [0.15, 0.2) is 54.6 Å². The molecule has 1 fully saturated rings. The van der Waals surface area contributed by atoms with Crippen molar-refractivity contribution >= 4 is 17.4 Å². The minimum atomic E-state index is -0.185. The molecule has 0 aliphatic carbocycles. The average Bonchev–Trinajstić information content (AvgIpc) is 3.11. The van der Waals surface area contributed by atoms with E-state index >= 15 is 0 Å². The molecule has 3 rings (SSSR count). The van der Waals surface area contributed by atoms with Crippen LogP contribution in [0.3, 0.4) is 0 Å². The summed E-state index contributed by atoms with van der Waals surface area (Å²) in [6, 6.07) is 17.8. The van der Waals surface area contributed by atoms with Crippen LogP contribution in [0.5, 0.6) is 0 Å². The predicted molar refractivity (Wildman–Crippen MR) is 94.9 cm³/mol. The lowest BCUT2D eigenvalue weighted by Gasteiger charge is -2.18. The van der Waals surface area contributed by atoms with Crippen molar-refractivity contribution in [1.29, 1.82) is 0 Å². The van der Waals surface area contributed by atoms with Gasteiger partial charge in [-0.05, 0) is 49.6 Å². The van der Waals surface area contributed by atoms with Gasteiger partial charge >= 0.3 is 6.03 Å². The highest BCUT2D eigenvalue weighted by Gasteiger charge is 2.12. The van der Waals surface area contributed by atoms with Gasteiger partial charge < -0.3 is 15.5 Å². The molecule has 1 atom stereocenters. The molecule has 4 heteroatoms. The van der Waals surface area contributed by atoms with Gasteiger partial charge in [0.1, 0.15) is 0 Å². The Hall–Kier alpha value is -2.49. The van der Waals surface area contributed by atoms with E-state index in [2.05, 4.69) is 27.7 Å². The quantitative estimate of drug-likeness (QED) is 0.890. The van der Waals surface area contributed by atoms with E-state index in [9.17, 15) is 4.79 Å². The van der Waals surface area contributed by atoms with Gasteiger partial charge in [-0.1, -0.05) is 30.3 Å². The molecule has 1 unspecified atom stereocenters. The molecule has 0 saturated carbocycles. The van der Waals surface area contributed by atoms with E-state index in [0.717, 1.165) is 24.3 Å². The number of urea groups is 1. The number of anilines is 2. The van der Waals surface area contributed by atoms with Crippen LogP contribution in [0.4, 0.5) is 16.2 Å². The summed E-state index contributed by atoms with van der Waals surface area (Å²) in [5.74, 6) is 0. The highest BCUT2D eigenvalue weighted by Crippen LogP contribution is 2.22. The second-order valence-electron chi connectivity index (χ2n) is 5.97. The second kappa shape index (κ2) is 7.18. The van der Waals surface area contributed by atoms with E-state index in [4.69, 9.17) is 0 Å². The number of nitrogens with zero attached hydrogens (tertiary/aromatic N) is 1. The Balaban J connectivity index is 1.55. The van der Waals surface area contributed by atoms with Crippen molar-refractivity contribution in [2.75, 3.05) is 23.3 Å². The number of nitrogens with one attached hydrogen (secondary N) is 2. The topological polar surface area (TPSA) is 44.4 Å². The zero-order valence-electron chi connectivity index (χ0n) is 13.5. The monoisotopic (exact) mass is 309 g/mol. The Labute approximate surface area is 137 Å². The van der Waals surface area contributed by atoms with Crippen molar-refractivity contribution in [2.24, 2.45) is 0 Å². The molecule has 0 radical (unpaired) electrons. The number of carbonyl (C=O) groups is 1. The molecule has 2 aromatic rings.